The molecule has 1 atom stereocenters. The summed E-state index contributed by atoms with van der Waals surface area (Å²) in [5, 5.41) is 0. The summed E-state index contributed by atoms with van der Waals surface area (Å²) in [6.07, 6.45) is 3.13. The van der Waals surface area contributed by atoms with Crippen molar-refractivity contribution in [2.45, 2.75) is 24.6 Å². The van der Waals surface area contributed by atoms with Crippen LogP contribution in [0.4, 0.5) is 4.79 Å². The number of rotatable bonds is 5. The fourth-order valence-corrected chi connectivity index (χ4v) is 3.07. The number of allylic oxidation sites excluding steroid dienone is 2. The first-order valence-corrected chi connectivity index (χ1v) is 6.93. The van der Waals surface area contributed by atoms with E-state index >= 15 is 0 Å². The molecule has 0 heterocycles. The van der Waals surface area contributed by atoms with Crippen LogP contribution in [-0.2, 0) is 4.74 Å². The molecule has 0 bridgehead atoms. The molecule has 86 valence electrons. The van der Waals surface area contributed by atoms with Crippen molar-refractivity contribution in [3.05, 3.63) is 21.3 Å². The molecule has 0 aromatic rings. The van der Waals surface area contributed by atoms with Crippen molar-refractivity contribution in [1.82, 2.24) is 0 Å². The molecule has 0 fully saturated rings. The third-order valence-electron chi connectivity index (χ3n) is 1.44. The molecule has 0 saturated carbocycles. The number of carbonyl (C=O) groups excluding carboxylic acids is 1. The van der Waals surface area contributed by atoms with Gasteiger partial charge in [0.1, 0.15) is 0 Å². The molecule has 3 nitrogen and oxygen atoms in total. The maximum absolute atomic E-state index is 10.6. The smallest absolute Gasteiger partial charge is 0.409 e. The van der Waals surface area contributed by atoms with Crippen LogP contribution in [0.15, 0.2) is 21.3 Å². The summed E-state index contributed by atoms with van der Waals surface area (Å²) in [7, 11) is 0. The average Bonchev–Trinajstić information content (AvgIpc) is 2.13. The Kier molecular flexibility index (Phi) is 8.46. The first-order chi connectivity index (χ1) is 7.01. The van der Waals surface area contributed by atoms with Crippen molar-refractivity contribution in [2.24, 2.45) is 5.73 Å². The SMILES string of the molecule is CCCC(Br)/C=C(Br)/C(=C/Br)OC(N)=O. The predicted octanol–water partition coefficient (Wildman–Crippen LogP) is 4.16. The van der Waals surface area contributed by atoms with Crippen molar-refractivity contribution in [2.75, 3.05) is 0 Å². The standard InChI is InChI=1S/C9H12Br3NO2/c1-2-3-6(11)4-7(12)8(5-10)15-9(13)14/h4-6H,2-3H2,1H3,(H2,13,14)/b7-4-,8-5-. The minimum atomic E-state index is -0.840. The van der Waals surface area contributed by atoms with Crippen LogP contribution in [0.3, 0.4) is 0 Å². The zero-order valence-electron chi connectivity index (χ0n) is 8.17. The fourth-order valence-electron chi connectivity index (χ4n) is 0.832. The number of alkyl halides is 1. The summed E-state index contributed by atoms with van der Waals surface area (Å²) in [4.78, 5) is 12.3. The Morgan fingerprint density at radius 2 is 2.20 bits per heavy atom. The monoisotopic (exact) mass is 403 g/mol. The summed E-state index contributed by atoms with van der Waals surface area (Å²) in [6.45, 7) is 2.09. The average molecular weight is 406 g/mol. The van der Waals surface area contributed by atoms with Crippen LogP contribution in [0.2, 0.25) is 0 Å². The van der Waals surface area contributed by atoms with Gasteiger partial charge >= 0.3 is 6.09 Å². The van der Waals surface area contributed by atoms with Crippen LogP contribution in [0.25, 0.3) is 0 Å². The topological polar surface area (TPSA) is 52.3 Å². The van der Waals surface area contributed by atoms with E-state index in [1.54, 1.807) is 0 Å². The zero-order chi connectivity index (χ0) is 11.8. The highest BCUT2D eigenvalue weighted by atomic mass is 79.9. The first-order valence-electron chi connectivity index (χ1n) is 4.30. The Morgan fingerprint density at radius 1 is 1.60 bits per heavy atom. The molecule has 0 aliphatic carbocycles. The van der Waals surface area contributed by atoms with Gasteiger partial charge in [-0.3, -0.25) is 0 Å². The number of hydrogen-bond acceptors (Lipinski definition) is 2. The molecule has 0 aliphatic heterocycles. The van der Waals surface area contributed by atoms with Gasteiger partial charge in [0.15, 0.2) is 5.76 Å². The van der Waals surface area contributed by atoms with E-state index in [1.165, 1.54) is 4.99 Å². The Bertz CT molecular complexity index is 277. The van der Waals surface area contributed by atoms with Crippen molar-refractivity contribution in [1.29, 1.82) is 0 Å². The first kappa shape index (κ1) is 15.2. The van der Waals surface area contributed by atoms with Gasteiger partial charge in [0.25, 0.3) is 0 Å². The van der Waals surface area contributed by atoms with Crippen molar-refractivity contribution >= 4 is 53.9 Å². The van der Waals surface area contributed by atoms with E-state index in [-0.39, 0.29) is 4.83 Å². The molecule has 0 rings (SSSR count). The minimum absolute atomic E-state index is 0.232. The number of halogens is 3. The zero-order valence-corrected chi connectivity index (χ0v) is 12.9. The number of primary amides is 1. The van der Waals surface area contributed by atoms with E-state index in [4.69, 9.17) is 10.5 Å². The molecular weight excluding hydrogens is 394 g/mol. The molecule has 15 heavy (non-hydrogen) atoms. The molecule has 1 amide bonds. The molecule has 0 radical (unpaired) electrons. The molecule has 2 N–H and O–H groups in total. The van der Waals surface area contributed by atoms with Gasteiger partial charge in [0.05, 0.1) is 4.48 Å². The van der Waals surface area contributed by atoms with Gasteiger partial charge in [0, 0.05) is 9.81 Å². The van der Waals surface area contributed by atoms with Gasteiger partial charge in [-0.05, 0) is 22.4 Å². The van der Waals surface area contributed by atoms with E-state index in [2.05, 4.69) is 54.7 Å². The Hall–Kier alpha value is 0.190. The Balaban J connectivity index is 4.50. The van der Waals surface area contributed by atoms with Crippen molar-refractivity contribution < 1.29 is 9.53 Å². The molecule has 0 spiro atoms. The van der Waals surface area contributed by atoms with Crippen LogP contribution < -0.4 is 5.73 Å². The highest BCUT2D eigenvalue weighted by molar-refractivity contribution is 9.12. The molecule has 0 aliphatic rings. The largest absolute Gasteiger partial charge is 0.410 e. The summed E-state index contributed by atoms with van der Waals surface area (Å²) < 4.78 is 5.43. The van der Waals surface area contributed by atoms with Crippen LogP contribution in [0.1, 0.15) is 19.8 Å². The lowest BCUT2D eigenvalue weighted by Gasteiger charge is -2.07. The normalized spacial score (nSPS) is 14.9. The van der Waals surface area contributed by atoms with E-state index in [9.17, 15) is 4.79 Å². The molecule has 0 aromatic carbocycles. The molecule has 0 saturated heterocycles. The number of amides is 1. The Labute approximate surface area is 114 Å². The maximum atomic E-state index is 10.6. The summed E-state index contributed by atoms with van der Waals surface area (Å²) >= 11 is 9.88. The summed E-state index contributed by atoms with van der Waals surface area (Å²) in [6, 6.07) is 0. The third kappa shape index (κ3) is 7.14. The van der Waals surface area contributed by atoms with Crippen molar-refractivity contribution in [3.8, 4) is 0 Å². The molecule has 1 unspecified atom stereocenters. The van der Waals surface area contributed by atoms with Crippen LogP contribution in [0, 0.1) is 0 Å². The highest BCUT2D eigenvalue weighted by Crippen LogP contribution is 2.23. The Morgan fingerprint density at radius 3 is 2.60 bits per heavy atom. The predicted molar refractivity (Wildman–Crippen MR) is 72.3 cm³/mol. The van der Waals surface area contributed by atoms with Crippen LogP contribution in [-0.4, -0.2) is 10.9 Å². The van der Waals surface area contributed by atoms with Crippen LogP contribution in [0.5, 0.6) is 0 Å². The second-order valence-corrected chi connectivity index (χ2v) is 5.20. The second-order valence-electron chi connectivity index (χ2n) is 2.71. The van der Waals surface area contributed by atoms with Gasteiger partial charge in [-0.2, -0.15) is 0 Å². The summed E-state index contributed by atoms with van der Waals surface area (Å²) in [5.74, 6) is 0.350. The van der Waals surface area contributed by atoms with Gasteiger partial charge in [-0.25, -0.2) is 4.79 Å². The highest BCUT2D eigenvalue weighted by Gasteiger charge is 2.08. The lowest BCUT2D eigenvalue weighted by atomic mass is 10.2. The number of ether oxygens (including phenoxy) is 1. The van der Waals surface area contributed by atoms with E-state index in [0.717, 1.165) is 12.8 Å². The van der Waals surface area contributed by atoms with E-state index in [1.807, 2.05) is 6.08 Å². The van der Waals surface area contributed by atoms with Crippen molar-refractivity contribution in [3.63, 3.8) is 0 Å². The lowest BCUT2D eigenvalue weighted by molar-refractivity contribution is 0.190. The fraction of sp³-hybridized carbons (Fsp3) is 0.444. The minimum Gasteiger partial charge on any atom is -0.409 e. The third-order valence-corrected chi connectivity index (χ3v) is 3.23. The van der Waals surface area contributed by atoms with Gasteiger partial charge < -0.3 is 10.5 Å². The molecular formula is C9H12Br3NO2. The maximum Gasteiger partial charge on any atom is 0.410 e. The van der Waals surface area contributed by atoms with Gasteiger partial charge in [-0.1, -0.05) is 51.3 Å². The lowest BCUT2D eigenvalue weighted by Crippen LogP contribution is -2.12. The number of hydrogen-bond donors (Lipinski definition) is 1. The molecule has 6 heteroatoms. The van der Waals surface area contributed by atoms with E-state index < -0.39 is 6.09 Å². The number of carbonyl (C=O) groups is 1. The second kappa shape index (κ2) is 8.35. The number of nitrogens with two attached hydrogens (primary N) is 1. The quantitative estimate of drug-likeness (QED) is 0.424. The molecule has 0 aromatic heterocycles. The van der Waals surface area contributed by atoms with Gasteiger partial charge in [-0.15, -0.1) is 0 Å². The van der Waals surface area contributed by atoms with E-state index in [0.29, 0.717) is 10.2 Å². The van der Waals surface area contributed by atoms with Gasteiger partial charge in [0.2, 0.25) is 0 Å². The van der Waals surface area contributed by atoms with Crippen LogP contribution >= 0.6 is 47.8 Å². The summed E-state index contributed by atoms with van der Waals surface area (Å²) in [5.41, 5.74) is 4.91.